The van der Waals surface area contributed by atoms with E-state index >= 15 is 0 Å². The van der Waals surface area contributed by atoms with E-state index in [-0.39, 0.29) is 11.2 Å². The quantitative estimate of drug-likeness (QED) is 0.649. The second-order valence-electron chi connectivity index (χ2n) is 3.28. The monoisotopic (exact) mass is 144 g/mol. The number of hydrogen-bond donors (Lipinski definition) is 1. The molecule has 0 saturated carbocycles. The lowest BCUT2D eigenvalue weighted by atomic mass is 9.83. The minimum atomic E-state index is -0.824. The minimum Gasteiger partial charge on any atom is -0.386 e. The zero-order valence-electron chi connectivity index (χ0n) is 7.14. The van der Waals surface area contributed by atoms with Crippen LogP contribution in [0, 0.1) is 5.41 Å². The van der Waals surface area contributed by atoms with Crippen molar-refractivity contribution in [3.63, 3.8) is 0 Å². The Hall–Kier alpha value is -0.370. The number of rotatable bonds is 3. The summed E-state index contributed by atoms with van der Waals surface area (Å²) in [6.45, 7) is 7.16. The number of Topliss-reactive ketones (excluding diaryl/α,β-unsaturated/α-hetero) is 1. The number of carbonyl (C=O) groups excluding carboxylic acids is 1. The second-order valence-corrected chi connectivity index (χ2v) is 3.28. The lowest BCUT2D eigenvalue weighted by Crippen LogP contribution is -2.32. The van der Waals surface area contributed by atoms with Gasteiger partial charge in [0, 0.05) is 5.41 Å². The number of hydrogen-bond acceptors (Lipinski definition) is 2. The largest absolute Gasteiger partial charge is 0.386 e. The zero-order valence-corrected chi connectivity index (χ0v) is 7.14. The Morgan fingerprint density at radius 1 is 1.60 bits per heavy atom. The van der Waals surface area contributed by atoms with Gasteiger partial charge in [-0.2, -0.15) is 0 Å². The van der Waals surface area contributed by atoms with Gasteiger partial charge < -0.3 is 5.11 Å². The summed E-state index contributed by atoms with van der Waals surface area (Å²) in [5.74, 6) is -0.0741. The first-order chi connectivity index (χ1) is 4.41. The van der Waals surface area contributed by atoms with Crippen molar-refractivity contribution in [2.24, 2.45) is 5.41 Å². The van der Waals surface area contributed by atoms with Gasteiger partial charge in [-0.25, -0.2) is 0 Å². The molecule has 0 aliphatic rings. The third-order valence-corrected chi connectivity index (χ3v) is 1.93. The Bertz CT molecular complexity index is 125. The molecule has 0 radical (unpaired) electrons. The first-order valence-corrected chi connectivity index (χ1v) is 3.64. The van der Waals surface area contributed by atoms with E-state index in [0.29, 0.717) is 0 Å². The summed E-state index contributed by atoms with van der Waals surface area (Å²) < 4.78 is 0. The maximum atomic E-state index is 11.1. The summed E-state index contributed by atoms with van der Waals surface area (Å²) in [5.41, 5.74) is -0.367. The summed E-state index contributed by atoms with van der Waals surface area (Å²) >= 11 is 0. The van der Waals surface area contributed by atoms with Crippen LogP contribution < -0.4 is 0 Å². The van der Waals surface area contributed by atoms with Gasteiger partial charge in [0.2, 0.25) is 0 Å². The SMILES string of the molecule is CCC(C)(C)C(=O)C(C)O. The van der Waals surface area contributed by atoms with Crippen LogP contribution in [0.3, 0.4) is 0 Å². The minimum absolute atomic E-state index is 0.0741. The van der Waals surface area contributed by atoms with E-state index in [1.807, 2.05) is 20.8 Å². The van der Waals surface area contributed by atoms with Gasteiger partial charge in [0.25, 0.3) is 0 Å². The van der Waals surface area contributed by atoms with Crippen molar-refractivity contribution in [2.75, 3.05) is 0 Å². The molecule has 0 fully saturated rings. The first-order valence-electron chi connectivity index (χ1n) is 3.64. The molecule has 60 valence electrons. The fourth-order valence-corrected chi connectivity index (χ4v) is 0.740. The number of aliphatic hydroxyl groups excluding tert-OH is 1. The summed E-state index contributed by atoms with van der Waals surface area (Å²) in [7, 11) is 0. The molecule has 1 N–H and O–H groups in total. The third-order valence-electron chi connectivity index (χ3n) is 1.93. The van der Waals surface area contributed by atoms with Crippen LogP contribution >= 0.6 is 0 Å². The molecular formula is C8H16O2. The van der Waals surface area contributed by atoms with Crippen LogP contribution in [-0.2, 0) is 4.79 Å². The van der Waals surface area contributed by atoms with E-state index in [1.54, 1.807) is 0 Å². The van der Waals surface area contributed by atoms with Gasteiger partial charge in [-0.1, -0.05) is 20.8 Å². The van der Waals surface area contributed by atoms with Crippen LogP contribution in [0.15, 0.2) is 0 Å². The lowest BCUT2D eigenvalue weighted by molar-refractivity contribution is -0.134. The molecule has 0 saturated heterocycles. The van der Waals surface area contributed by atoms with Gasteiger partial charge in [-0.3, -0.25) is 4.79 Å². The number of carbonyl (C=O) groups is 1. The summed E-state index contributed by atoms with van der Waals surface area (Å²) in [5, 5.41) is 8.94. The summed E-state index contributed by atoms with van der Waals surface area (Å²) in [6.07, 6.45) is -0.0496. The highest BCUT2D eigenvalue weighted by molar-refractivity contribution is 5.87. The molecule has 2 nitrogen and oxygen atoms in total. The van der Waals surface area contributed by atoms with Crippen LogP contribution in [0.1, 0.15) is 34.1 Å². The molecule has 1 unspecified atom stereocenters. The molecule has 0 aromatic carbocycles. The highest BCUT2D eigenvalue weighted by Gasteiger charge is 2.28. The normalized spacial score (nSPS) is 14.9. The van der Waals surface area contributed by atoms with Crippen molar-refractivity contribution in [1.82, 2.24) is 0 Å². The molecule has 2 heteroatoms. The van der Waals surface area contributed by atoms with Crippen LogP contribution in [0.5, 0.6) is 0 Å². The van der Waals surface area contributed by atoms with Crippen molar-refractivity contribution < 1.29 is 9.90 Å². The van der Waals surface area contributed by atoms with E-state index in [1.165, 1.54) is 6.92 Å². The molecule has 0 aliphatic carbocycles. The summed E-state index contributed by atoms with van der Waals surface area (Å²) in [6, 6.07) is 0. The number of ketones is 1. The van der Waals surface area contributed by atoms with Gasteiger partial charge in [-0.05, 0) is 13.3 Å². The maximum Gasteiger partial charge on any atom is 0.166 e. The maximum absolute atomic E-state index is 11.1. The Labute approximate surface area is 62.2 Å². The van der Waals surface area contributed by atoms with Crippen molar-refractivity contribution in [2.45, 2.75) is 40.2 Å². The average Bonchev–Trinajstić information content (AvgIpc) is 1.86. The highest BCUT2D eigenvalue weighted by atomic mass is 16.3. The Kier molecular flexibility index (Phi) is 3.03. The fraction of sp³-hybridized carbons (Fsp3) is 0.875. The smallest absolute Gasteiger partial charge is 0.166 e. The van der Waals surface area contributed by atoms with Crippen molar-refractivity contribution in [1.29, 1.82) is 0 Å². The Morgan fingerprint density at radius 2 is 2.00 bits per heavy atom. The van der Waals surface area contributed by atoms with Gasteiger partial charge >= 0.3 is 0 Å². The molecule has 1 atom stereocenters. The predicted octanol–water partition coefficient (Wildman–Crippen LogP) is 1.37. The molecular weight excluding hydrogens is 128 g/mol. The van der Waals surface area contributed by atoms with Crippen molar-refractivity contribution in [3.8, 4) is 0 Å². The highest BCUT2D eigenvalue weighted by Crippen LogP contribution is 2.22. The van der Waals surface area contributed by atoms with E-state index < -0.39 is 6.10 Å². The standard InChI is InChI=1S/C8H16O2/c1-5-8(3,4)7(10)6(2)9/h6,9H,5H2,1-4H3. The van der Waals surface area contributed by atoms with Gasteiger partial charge in [0.15, 0.2) is 5.78 Å². The molecule has 0 amide bonds. The van der Waals surface area contributed by atoms with Gasteiger partial charge in [-0.15, -0.1) is 0 Å². The van der Waals surface area contributed by atoms with E-state index in [0.717, 1.165) is 6.42 Å². The molecule has 0 spiro atoms. The van der Waals surface area contributed by atoms with Crippen molar-refractivity contribution in [3.05, 3.63) is 0 Å². The number of aliphatic hydroxyl groups is 1. The van der Waals surface area contributed by atoms with E-state index in [2.05, 4.69) is 0 Å². The third kappa shape index (κ3) is 2.10. The summed E-state index contributed by atoms with van der Waals surface area (Å²) in [4.78, 5) is 11.1. The molecule has 0 rings (SSSR count). The van der Waals surface area contributed by atoms with E-state index in [9.17, 15) is 4.79 Å². The van der Waals surface area contributed by atoms with Gasteiger partial charge in [0.1, 0.15) is 6.10 Å². The molecule has 0 aromatic heterocycles. The fourth-order valence-electron chi connectivity index (χ4n) is 0.740. The topological polar surface area (TPSA) is 37.3 Å². The van der Waals surface area contributed by atoms with Gasteiger partial charge in [0.05, 0.1) is 0 Å². The molecule has 10 heavy (non-hydrogen) atoms. The van der Waals surface area contributed by atoms with Crippen LogP contribution in [0.2, 0.25) is 0 Å². The second kappa shape index (κ2) is 3.15. The Morgan fingerprint density at radius 3 is 2.10 bits per heavy atom. The van der Waals surface area contributed by atoms with Crippen LogP contribution in [0.4, 0.5) is 0 Å². The zero-order chi connectivity index (χ0) is 8.36. The molecule has 0 aromatic rings. The van der Waals surface area contributed by atoms with Crippen molar-refractivity contribution >= 4 is 5.78 Å². The Balaban J connectivity index is 4.19. The van der Waals surface area contributed by atoms with E-state index in [4.69, 9.17) is 5.11 Å². The van der Waals surface area contributed by atoms with Crippen LogP contribution in [0.25, 0.3) is 0 Å². The van der Waals surface area contributed by atoms with Crippen LogP contribution in [-0.4, -0.2) is 17.0 Å². The lowest BCUT2D eigenvalue weighted by Gasteiger charge is -2.21. The first kappa shape index (κ1) is 9.63. The molecule has 0 heterocycles. The molecule has 0 bridgehead atoms. The molecule has 0 aliphatic heterocycles. The predicted molar refractivity (Wildman–Crippen MR) is 40.8 cm³/mol. The average molecular weight is 144 g/mol.